The molecule has 2 nitrogen and oxygen atoms in total. The lowest BCUT2D eigenvalue weighted by Crippen LogP contribution is -2.28. The highest BCUT2D eigenvalue weighted by Gasteiger charge is 2.43. The topological polar surface area (TPSA) is 27.0 Å². The molecule has 0 spiro atoms. The Morgan fingerprint density at radius 3 is 2.65 bits per heavy atom. The number of rotatable bonds is 5. The number of nitrogens with zero attached hydrogens (tertiary/aromatic N) is 2. The summed E-state index contributed by atoms with van der Waals surface area (Å²) in [6.45, 7) is 2.00. The standard InChI is InChI=1S/C18H24N2/c1-20(14-18(13-19)9-10-18)11-8-15-6-7-16-4-2-3-5-17(16)12-15/h6-7,12H,2-5,8-11,14H2,1H3. The number of aryl methyl sites for hydroxylation is 2. The van der Waals surface area contributed by atoms with Crippen molar-refractivity contribution in [2.75, 3.05) is 20.1 Å². The highest BCUT2D eigenvalue weighted by Crippen LogP contribution is 2.45. The van der Waals surface area contributed by atoms with Gasteiger partial charge >= 0.3 is 0 Å². The maximum atomic E-state index is 9.15. The molecule has 0 bridgehead atoms. The highest BCUT2D eigenvalue weighted by molar-refractivity contribution is 5.34. The summed E-state index contributed by atoms with van der Waals surface area (Å²) in [5.41, 5.74) is 4.59. The fourth-order valence-corrected chi connectivity index (χ4v) is 3.31. The quantitative estimate of drug-likeness (QED) is 0.819. The molecule has 1 fully saturated rings. The molecule has 0 aromatic heterocycles. The van der Waals surface area contributed by atoms with Gasteiger partial charge in [0.2, 0.25) is 0 Å². The van der Waals surface area contributed by atoms with Gasteiger partial charge in [0.15, 0.2) is 0 Å². The molecule has 2 heteroatoms. The van der Waals surface area contributed by atoms with Gasteiger partial charge in [-0.1, -0.05) is 18.2 Å². The molecular weight excluding hydrogens is 244 g/mol. The van der Waals surface area contributed by atoms with E-state index in [-0.39, 0.29) is 5.41 Å². The first-order valence-corrected chi connectivity index (χ1v) is 7.91. The summed E-state index contributed by atoms with van der Waals surface area (Å²) in [4.78, 5) is 2.33. The average molecular weight is 268 g/mol. The maximum absolute atomic E-state index is 9.15. The van der Waals surface area contributed by atoms with Gasteiger partial charge in [0, 0.05) is 13.1 Å². The van der Waals surface area contributed by atoms with Gasteiger partial charge in [-0.05, 0) is 68.7 Å². The second kappa shape index (κ2) is 5.58. The summed E-state index contributed by atoms with van der Waals surface area (Å²) in [7, 11) is 2.15. The number of likely N-dealkylation sites (N-methyl/N-ethyl adjacent to an activating group) is 1. The van der Waals surface area contributed by atoms with Crippen molar-refractivity contribution in [2.45, 2.75) is 44.9 Å². The molecule has 2 aliphatic rings. The summed E-state index contributed by atoms with van der Waals surface area (Å²) in [6.07, 6.45) is 8.51. The lowest BCUT2D eigenvalue weighted by atomic mass is 9.90. The molecule has 20 heavy (non-hydrogen) atoms. The van der Waals surface area contributed by atoms with Crippen molar-refractivity contribution in [3.63, 3.8) is 0 Å². The summed E-state index contributed by atoms with van der Waals surface area (Å²) >= 11 is 0. The SMILES string of the molecule is CN(CCc1ccc2c(c1)CCCC2)CC1(C#N)CC1. The predicted octanol–water partition coefficient (Wildman–Crippen LogP) is 3.34. The van der Waals surface area contributed by atoms with Crippen molar-refractivity contribution in [3.8, 4) is 6.07 Å². The minimum atomic E-state index is -0.00932. The summed E-state index contributed by atoms with van der Waals surface area (Å²) < 4.78 is 0. The smallest absolute Gasteiger partial charge is 0.0703 e. The first-order valence-electron chi connectivity index (χ1n) is 7.91. The zero-order chi connectivity index (χ0) is 14.0. The van der Waals surface area contributed by atoms with Gasteiger partial charge in [0.05, 0.1) is 11.5 Å². The Kier molecular flexibility index (Phi) is 3.81. The van der Waals surface area contributed by atoms with Crippen LogP contribution in [0.1, 0.15) is 42.4 Å². The van der Waals surface area contributed by atoms with E-state index in [4.69, 9.17) is 5.26 Å². The molecule has 106 valence electrons. The van der Waals surface area contributed by atoms with E-state index in [1.807, 2.05) is 0 Å². The summed E-state index contributed by atoms with van der Waals surface area (Å²) in [5.74, 6) is 0. The van der Waals surface area contributed by atoms with E-state index in [1.54, 1.807) is 11.1 Å². The second-order valence-electron chi connectivity index (χ2n) is 6.69. The van der Waals surface area contributed by atoms with Crippen molar-refractivity contribution in [1.82, 2.24) is 4.90 Å². The van der Waals surface area contributed by atoms with Crippen LogP contribution in [0, 0.1) is 16.7 Å². The van der Waals surface area contributed by atoms with Gasteiger partial charge in [-0.15, -0.1) is 0 Å². The molecule has 0 saturated heterocycles. The molecule has 2 aliphatic carbocycles. The monoisotopic (exact) mass is 268 g/mol. The molecular formula is C18H24N2. The maximum Gasteiger partial charge on any atom is 0.0703 e. The van der Waals surface area contributed by atoms with Gasteiger partial charge in [-0.2, -0.15) is 5.26 Å². The highest BCUT2D eigenvalue weighted by atomic mass is 15.1. The number of fused-ring (bicyclic) bond motifs is 1. The third-order valence-electron chi connectivity index (χ3n) is 4.86. The van der Waals surface area contributed by atoms with Gasteiger partial charge in [-0.3, -0.25) is 0 Å². The molecule has 0 atom stereocenters. The molecule has 0 unspecified atom stereocenters. The fraction of sp³-hybridized carbons (Fsp3) is 0.611. The van der Waals surface area contributed by atoms with Gasteiger partial charge in [-0.25, -0.2) is 0 Å². The van der Waals surface area contributed by atoms with Gasteiger partial charge < -0.3 is 4.90 Å². The number of hydrogen-bond donors (Lipinski definition) is 0. The Morgan fingerprint density at radius 1 is 1.20 bits per heavy atom. The van der Waals surface area contributed by atoms with Crippen LogP contribution in [-0.2, 0) is 19.3 Å². The van der Waals surface area contributed by atoms with Gasteiger partial charge in [0.1, 0.15) is 0 Å². The van der Waals surface area contributed by atoms with Crippen LogP contribution in [0.25, 0.3) is 0 Å². The summed E-state index contributed by atoms with van der Waals surface area (Å²) in [6, 6.07) is 9.53. The van der Waals surface area contributed by atoms with Crippen LogP contribution in [0.3, 0.4) is 0 Å². The fourth-order valence-electron chi connectivity index (χ4n) is 3.31. The Balaban J connectivity index is 1.54. The van der Waals surface area contributed by atoms with Crippen molar-refractivity contribution in [3.05, 3.63) is 34.9 Å². The van der Waals surface area contributed by atoms with Crippen molar-refractivity contribution in [1.29, 1.82) is 5.26 Å². The number of hydrogen-bond acceptors (Lipinski definition) is 2. The van der Waals surface area contributed by atoms with Gasteiger partial charge in [0.25, 0.3) is 0 Å². The third kappa shape index (κ3) is 3.04. The van der Waals surface area contributed by atoms with E-state index >= 15 is 0 Å². The number of nitriles is 1. The normalized spacial score (nSPS) is 19.4. The first kappa shape index (κ1) is 13.6. The van der Waals surface area contributed by atoms with E-state index in [0.29, 0.717) is 0 Å². The Hall–Kier alpha value is -1.33. The first-order chi connectivity index (χ1) is 9.71. The molecule has 0 heterocycles. The van der Waals surface area contributed by atoms with Crippen LogP contribution < -0.4 is 0 Å². The molecule has 0 aliphatic heterocycles. The van der Waals surface area contributed by atoms with Crippen LogP contribution in [0.15, 0.2) is 18.2 Å². The predicted molar refractivity (Wildman–Crippen MR) is 81.6 cm³/mol. The average Bonchev–Trinajstić information content (AvgIpc) is 3.25. The zero-order valence-electron chi connectivity index (χ0n) is 12.5. The van der Waals surface area contributed by atoms with Crippen LogP contribution >= 0.6 is 0 Å². The molecule has 3 rings (SSSR count). The van der Waals surface area contributed by atoms with E-state index in [0.717, 1.165) is 32.4 Å². The van der Waals surface area contributed by atoms with Crippen molar-refractivity contribution >= 4 is 0 Å². The minimum absolute atomic E-state index is 0.00932. The third-order valence-corrected chi connectivity index (χ3v) is 4.86. The van der Waals surface area contributed by atoms with Crippen LogP contribution in [0.2, 0.25) is 0 Å². The summed E-state index contributed by atoms with van der Waals surface area (Å²) in [5, 5.41) is 9.15. The molecule has 0 N–H and O–H groups in total. The molecule has 0 radical (unpaired) electrons. The van der Waals surface area contributed by atoms with E-state index in [9.17, 15) is 0 Å². The lowest BCUT2D eigenvalue weighted by Gasteiger charge is -2.20. The zero-order valence-corrected chi connectivity index (χ0v) is 12.5. The Morgan fingerprint density at radius 2 is 1.95 bits per heavy atom. The Labute approximate surface area is 122 Å². The molecule has 1 aromatic rings. The van der Waals surface area contributed by atoms with Crippen LogP contribution in [-0.4, -0.2) is 25.0 Å². The molecule has 1 saturated carbocycles. The number of benzene rings is 1. The second-order valence-corrected chi connectivity index (χ2v) is 6.69. The van der Waals surface area contributed by atoms with E-state index < -0.39 is 0 Å². The van der Waals surface area contributed by atoms with E-state index in [2.05, 4.69) is 36.2 Å². The minimum Gasteiger partial charge on any atom is -0.304 e. The van der Waals surface area contributed by atoms with Crippen molar-refractivity contribution < 1.29 is 0 Å². The van der Waals surface area contributed by atoms with Crippen LogP contribution in [0.4, 0.5) is 0 Å². The lowest BCUT2D eigenvalue weighted by molar-refractivity contribution is 0.297. The largest absolute Gasteiger partial charge is 0.304 e. The Bertz CT molecular complexity index is 523. The molecule has 0 amide bonds. The van der Waals surface area contributed by atoms with E-state index in [1.165, 1.54) is 31.2 Å². The van der Waals surface area contributed by atoms with Crippen molar-refractivity contribution in [2.24, 2.45) is 5.41 Å². The molecule has 1 aromatic carbocycles. The van der Waals surface area contributed by atoms with Crippen LogP contribution in [0.5, 0.6) is 0 Å².